The van der Waals surface area contributed by atoms with Crippen LogP contribution >= 0.6 is 0 Å². The van der Waals surface area contributed by atoms with Crippen LogP contribution in [0.1, 0.15) is 79.0 Å². The summed E-state index contributed by atoms with van der Waals surface area (Å²) in [6.07, 6.45) is 7.58. The first-order chi connectivity index (χ1) is 42.0. The van der Waals surface area contributed by atoms with Crippen molar-refractivity contribution in [1.82, 2.24) is 0 Å². The molecule has 9 heteroatoms. The highest BCUT2D eigenvalue weighted by atomic mass is 16.4. The Morgan fingerprint density at radius 1 is 0.299 bits per heavy atom. The van der Waals surface area contributed by atoms with E-state index in [1.165, 1.54) is 11.1 Å². The molecule has 0 fully saturated rings. The number of hydrogen-bond donors (Lipinski definition) is 0. The van der Waals surface area contributed by atoms with E-state index >= 15 is 0 Å². The van der Waals surface area contributed by atoms with Gasteiger partial charge < -0.3 is 26.5 Å². The fourth-order valence-corrected chi connectivity index (χ4v) is 13.8. The molecule has 8 nitrogen and oxygen atoms in total. The van der Waals surface area contributed by atoms with E-state index in [1.807, 2.05) is 73.6 Å². The molecule has 0 spiro atoms. The van der Waals surface area contributed by atoms with Crippen molar-refractivity contribution in [1.29, 1.82) is 0 Å². The van der Waals surface area contributed by atoms with Gasteiger partial charge in [-0.05, 0) is 158 Å². The van der Waals surface area contributed by atoms with Gasteiger partial charge in [0.1, 0.15) is 33.5 Å². The van der Waals surface area contributed by atoms with Crippen molar-refractivity contribution in [3.05, 3.63) is 224 Å². The maximum atomic E-state index is 7.61. The van der Waals surface area contributed by atoms with Crippen LogP contribution in [-0.4, -0.2) is 6.71 Å². The number of nitrogens with zero attached hydrogens (tertiary/aromatic N) is 2. The minimum atomic E-state index is -0.356. The van der Waals surface area contributed by atoms with E-state index in [2.05, 4.69) is 206 Å². The van der Waals surface area contributed by atoms with Gasteiger partial charge in [0.2, 0.25) is 11.8 Å². The van der Waals surface area contributed by atoms with Crippen molar-refractivity contribution in [2.24, 2.45) is 0 Å². The lowest BCUT2D eigenvalue weighted by Gasteiger charge is -2.42. The summed E-state index contributed by atoms with van der Waals surface area (Å²) in [5.74, 6) is 1.51. The number of para-hydroxylation sites is 4. The first-order valence-electron chi connectivity index (χ1n) is 30.1. The molecule has 15 aromatic rings. The summed E-state index contributed by atoms with van der Waals surface area (Å²) >= 11 is 0. The predicted molar refractivity (Wildman–Crippen MR) is 357 cm³/mol. The Morgan fingerprint density at radius 3 is 0.943 bits per heavy atom. The molecule has 0 bridgehead atoms. The van der Waals surface area contributed by atoms with Crippen LogP contribution in [0.2, 0.25) is 0 Å². The highest BCUT2D eigenvalue weighted by molar-refractivity contribution is 7.02. The van der Waals surface area contributed by atoms with E-state index in [4.69, 9.17) is 26.5 Å². The highest BCUT2D eigenvalue weighted by Crippen LogP contribution is 2.52. The summed E-state index contributed by atoms with van der Waals surface area (Å²) in [5.41, 5.74) is 22.9. The molecule has 6 aromatic heterocycles. The lowest BCUT2D eigenvalue weighted by Crippen LogP contribution is -2.61. The van der Waals surface area contributed by atoms with E-state index < -0.39 is 0 Å². The highest BCUT2D eigenvalue weighted by Gasteiger charge is 2.50. The van der Waals surface area contributed by atoms with Gasteiger partial charge >= 0.3 is 0 Å². The Morgan fingerprint density at radius 2 is 0.621 bits per heavy atom. The zero-order valence-corrected chi connectivity index (χ0v) is 50.1. The van der Waals surface area contributed by atoms with Gasteiger partial charge in [0.25, 0.3) is 6.71 Å². The standard InChI is InChI=1S/C78H61BN2O6/c1-76(2,3)48-26-28-69-57(36-48)71-74(86-69)80(51-32-44(59-40-82-65-22-14-10-18-53(59)65)30-45(33-51)60-41-83-66-23-15-11-19-54(60)66)63-38-50(78(7,8)9)39-64-73(63)79(71)72-58-37-49(77(4,5)6)27-29-70(58)87-75(72)81(64)52-34-46(61-42-84-67-24-16-12-20-55(61)67)31-47(35-52)62-43-85-68-25-17-13-21-56(62)68/h10-43H,1-9H3. The third kappa shape index (κ3) is 7.84. The van der Waals surface area contributed by atoms with Crippen molar-refractivity contribution in [2.75, 3.05) is 9.80 Å². The van der Waals surface area contributed by atoms with Gasteiger partial charge in [-0.3, -0.25) is 9.80 Å². The summed E-state index contributed by atoms with van der Waals surface area (Å²) < 4.78 is 40.7. The predicted octanol–water partition coefficient (Wildman–Crippen LogP) is 20.8. The molecule has 9 aromatic carbocycles. The van der Waals surface area contributed by atoms with E-state index in [-0.39, 0.29) is 23.0 Å². The van der Waals surface area contributed by atoms with Gasteiger partial charge in [-0.2, -0.15) is 0 Å². The Labute approximate surface area is 503 Å². The van der Waals surface area contributed by atoms with Crippen LogP contribution in [0.5, 0.6) is 0 Å². The third-order valence-electron chi connectivity index (χ3n) is 18.4. The first-order valence-corrected chi connectivity index (χ1v) is 30.1. The second-order valence-corrected chi connectivity index (χ2v) is 27.0. The summed E-state index contributed by atoms with van der Waals surface area (Å²) in [6.45, 7) is 20.3. The molecule has 8 heterocycles. The molecule has 0 atom stereocenters. The van der Waals surface area contributed by atoms with Gasteiger partial charge in [0.15, 0.2) is 0 Å². The number of hydrogen-bond acceptors (Lipinski definition) is 8. The first kappa shape index (κ1) is 51.3. The van der Waals surface area contributed by atoms with Crippen LogP contribution in [-0.2, 0) is 16.2 Å². The Balaban J connectivity index is 1.02. The zero-order valence-electron chi connectivity index (χ0n) is 50.1. The normalized spacial score (nSPS) is 13.5. The van der Waals surface area contributed by atoms with Crippen LogP contribution in [0.4, 0.5) is 34.5 Å². The van der Waals surface area contributed by atoms with Crippen LogP contribution in [0, 0.1) is 0 Å². The van der Waals surface area contributed by atoms with Crippen LogP contribution in [0.3, 0.4) is 0 Å². The lowest BCUT2D eigenvalue weighted by molar-refractivity contribution is 0.588. The molecule has 0 saturated heterocycles. The summed E-state index contributed by atoms with van der Waals surface area (Å²) in [4.78, 5) is 4.83. The fraction of sp³-hybridized carbons (Fsp3) is 0.154. The van der Waals surface area contributed by atoms with Crippen molar-refractivity contribution < 1.29 is 26.5 Å². The second kappa shape index (κ2) is 18.2. The average molecular weight is 1130 g/mol. The van der Waals surface area contributed by atoms with Crippen molar-refractivity contribution >= 4 is 123 Å². The van der Waals surface area contributed by atoms with Gasteiger partial charge in [0, 0.05) is 76.9 Å². The molecule has 422 valence electrons. The van der Waals surface area contributed by atoms with E-state index in [1.54, 1.807) is 0 Å². The smallest absolute Gasteiger partial charge is 0.262 e. The molecule has 17 rings (SSSR count). The van der Waals surface area contributed by atoms with Crippen LogP contribution < -0.4 is 26.2 Å². The van der Waals surface area contributed by atoms with Crippen LogP contribution in [0.15, 0.2) is 234 Å². The molecule has 0 unspecified atom stereocenters. The molecule has 0 N–H and O–H groups in total. The van der Waals surface area contributed by atoms with E-state index in [0.717, 1.165) is 167 Å². The maximum Gasteiger partial charge on any atom is 0.262 e. The summed E-state index contributed by atoms with van der Waals surface area (Å²) in [5, 5.41) is 6.24. The van der Waals surface area contributed by atoms with Crippen LogP contribution in [0.25, 0.3) is 110 Å². The molecule has 2 aliphatic rings. The van der Waals surface area contributed by atoms with Crippen molar-refractivity contribution in [2.45, 2.75) is 78.6 Å². The Kier molecular flexibility index (Phi) is 10.7. The van der Waals surface area contributed by atoms with Gasteiger partial charge in [-0.25, -0.2) is 0 Å². The fourth-order valence-electron chi connectivity index (χ4n) is 13.8. The maximum absolute atomic E-state index is 7.61. The largest absolute Gasteiger partial charge is 0.464 e. The van der Waals surface area contributed by atoms with Gasteiger partial charge in [0.05, 0.1) is 36.4 Å². The van der Waals surface area contributed by atoms with Gasteiger partial charge in [-0.15, -0.1) is 0 Å². The average Bonchev–Trinajstić information content (AvgIpc) is 1.65. The molecule has 0 aliphatic carbocycles. The van der Waals surface area contributed by atoms with Gasteiger partial charge in [-0.1, -0.05) is 147 Å². The SMILES string of the molecule is CC(C)(C)c1cc2c3c(c1)N(c1cc(-c4coc5ccccc45)cc(-c4coc5ccccc45)c1)c1oc4ccc(C(C)(C)C)cc4c1B3c1c(oc3ccc(C(C)(C)C)cc13)N2c1cc(-c2coc3ccccc23)cc(-c2coc3ccccc23)c1. The molecular formula is C78H61BN2O6. The minimum Gasteiger partial charge on any atom is -0.464 e. The topological polar surface area (TPSA) is 85.3 Å². The number of benzene rings is 9. The molecule has 2 aliphatic heterocycles. The minimum absolute atomic E-state index is 0.164. The number of furan rings is 6. The van der Waals surface area contributed by atoms with E-state index in [9.17, 15) is 0 Å². The summed E-state index contributed by atoms with van der Waals surface area (Å²) in [7, 11) is 0. The number of rotatable bonds is 6. The molecule has 87 heavy (non-hydrogen) atoms. The molecule has 0 amide bonds. The zero-order chi connectivity index (χ0) is 59.0. The van der Waals surface area contributed by atoms with Crippen molar-refractivity contribution in [3.8, 4) is 44.5 Å². The molecule has 0 radical (unpaired) electrons. The lowest BCUT2D eigenvalue weighted by atomic mass is 9.33. The number of fused-ring (bicyclic) bond motifs is 12. The number of anilines is 6. The monoisotopic (exact) mass is 1130 g/mol. The Bertz CT molecular complexity index is 4840. The quantitative estimate of drug-likeness (QED) is 0.152. The Hall–Kier alpha value is -10.1. The second-order valence-electron chi connectivity index (χ2n) is 27.0. The molecule has 0 saturated carbocycles. The summed E-state index contributed by atoms with van der Waals surface area (Å²) in [6, 6.07) is 65.4. The van der Waals surface area contributed by atoms with E-state index in [0.29, 0.717) is 0 Å². The molecular weight excluding hydrogens is 1070 g/mol. The van der Waals surface area contributed by atoms with Crippen molar-refractivity contribution in [3.63, 3.8) is 0 Å². The third-order valence-corrected chi connectivity index (χ3v) is 18.4.